The molecular weight excluding hydrogens is 458 g/mol. The number of piperidine rings is 1. The predicted octanol–water partition coefficient (Wildman–Crippen LogP) is 5.97. The molecule has 2 aliphatic carbocycles. The number of nitrogens with zero attached hydrogens (tertiary/aromatic N) is 2. The Morgan fingerprint density at radius 2 is 1.84 bits per heavy atom. The van der Waals surface area contributed by atoms with Crippen LogP contribution in [0.4, 0.5) is 5.69 Å². The average Bonchev–Trinajstić information content (AvgIpc) is 2.91. The Hall–Kier alpha value is -2.37. The van der Waals surface area contributed by atoms with Crippen LogP contribution in [0.25, 0.3) is 0 Å². The number of benzene rings is 2. The molecule has 0 unspecified atom stereocenters. The number of likely N-dealkylation sites (tertiary alicyclic amines) is 1. The smallest absolute Gasteiger partial charge is 0.238 e. The molecule has 1 heterocycles. The van der Waals surface area contributed by atoms with Gasteiger partial charge in [-0.15, -0.1) is 0 Å². The number of fused-ring (bicyclic) bond motifs is 1. The van der Waals surface area contributed by atoms with Crippen molar-refractivity contribution in [1.82, 2.24) is 9.80 Å². The van der Waals surface area contributed by atoms with Gasteiger partial charge in [-0.05, 0) is 107 Å². The van der Waals surface area contributed by atoms with Gasteiger partial charge in [-0.3, -0.25) is 9.69 Å². The van der Waals surface area contributed by atoms with Crippen LogP contribution in [0.5, 0.6) is 5.75 Å². The van der Waals surface area contributed by atoms with Crippen molar-refractivity contribution < 1.29 is 9.53 Å². The summed E-state index contributed by atoms with van der Waals surface area (Å²) in [5.41, 5.74) is 6.84. The van der Waals surface area contributed by atoms with Crippen LogP contribution in [0.3, 0.4) is 0 Å². The minimum atomic E-state index is 0.0612. The number of carbonyl (C=O) groups is 1. The van der Waals surface area contributed by atoms with E-state index >= 15 is 0 Å². The van der Waals surface area contributed by atoms with Gasteiger partial charge in [-0.1, -0.05) is 51.0 Å². The van der Waals surface area contributed by atoms with Crippen molar-refractivity contribution in [1.29, 1.82) is 0 Å². The summed E-state index contributed by atoms with van der Waals surface area (Å²) in [6, 6.07) is 13.6. The average molecular weight is 506 g/mol. The number of ether oxygens (including phenoxy) is 1. The number of para-hydroxylation sites is 1. The van der Waals surface area contributed by atoms with E-state index in [-0.39, 0.29) is 5.91 Å². The number of nitrogens with one attached hydrogen (secondary N) is 1. The zero-order valence-electron chi connectivity index (χ0n) is 23.9. The maximum absolute atomic E-state index is 11.9. The summed E-state index contributed by atoms with van der Waals surface area (Å²) in [6.07, 6.45) is 8.22. The largest absolute Gasteiger partial charge is 0.497 e. The number of anilines is 1. The first-order chi connectivity index (χ1) is 17.8. The van der Waals surface area contributed by atoms with Crippen LogP contribution in [-0.4, -0.2) is 62.1 Å². The molecule has 1 saturated carbocycles. The molecule has 0 aromatic heterocycles. The molecule has 3 aliphatic rings. The van der Waals surface area contributed by atoms with E-state index in [1.807, 2.05) is 32.0 Å². The molecule has 1 N–H and O–H groups in total. The van der Waals surface area contributed by atoms with Gasteiger partial charge in [-0.2, -0.15) is 0 Å². The zero-order valence-corrected chi connectivity index (χ0v) is 23.9. The summed E-state index contributed by atoms with van der Waals surface area (Å²) in [6.45, 7) is 11.7. The molecule has 5 heteroatoms. The molecule has 2 aromatic carbocycles. The van der Waals surface area contributed by atoms with Crippen molar-refractivity contribution in [2.45, 2.75) is 77.7 Å². The van der Waals surface area contributed by atoms with Crippen LogP contribution in [0, 0.1) is 19.8 Å². The summed E-state index contributed by atoms with van der Waals surface area (Å²) in [5, 5.41) is 3.00. The summed E-state index contributed by atoms with van der Waals surface area (Å²) in [5.74, 6) is 1.97. The van der Waals surface area contributed by atoms with Gasteiger partial charge in [0, 0.05) is 17.1 Å². The van der Waals surface area contributed by atoms with Crippen molar-refractivity contribution in [3.63, 3.8) is 0 Å². The van der Waals surface area contributed by atoms with Gasteiger partial charge < -0.3 is 15.0 Å². The molecule has 3 atom stereocenters. The van der Waals surface area contributed by atoms with E-state index in [9.17, 15) is 4.79 Å². The minimum absolute atomic E-state index is 0.0612. The van der Waals surface area contributed by atoms with E-state index in [2.05, 4.69) is 54.2 Å². The second-order valence-electron chi connectivity index (χ2n) is 11.3. The van der Waals surface area contributed by atoms with E-state index in [1.54, 1.807) is 18.2 Å². The monoisotopic (exact) mass is 505 g/mol. The Kier molecular flexibility index (Phi) is 8.97. The Labute approximate surface area is 224 Å². The van der Waals surface area contributed by atoms with Gasteiger partial charge in [0.25, 0.3) is 0 Å². The molecule has 1 amide bonds. The second kappa shape index (κ2) is 12.0. The van der Waals surface area contributed by atoms with Gasteiger partial charge in [0.1, 0.15) is 5.75 Å². The number of likely N-dealkylation sites (N-methyl/N-ethyl adjacent to an activating group) is 2. The van der Waals surface area contributed by atoms with E-state index in [1.165, 1.54) is 45.1 Å². The van der Waals surface area contributed by atoms with E-state index < -0.39 is 0 Å². The second-order valence-corrected chi connectivity index (χ2v) is 11.3. The number of methoxy groups -OCH3 is 1. The first-order valence-electron chi connectivity index (χ1n) is 14.3. The van der Waals surface area contributed by atoms with Crippen molar-refractivity contribution >= 4 is 11.6 Å². The molecule has 202 valence electrons. The Morgan fingerprint density at radius 1 is 1.11 bits per heavy atom. The topological polar surface area (TPSA) is 44.8 Å². The van der Waals surface area contributed by atoms with Crippen molar-refractivity contribution in [2.75, 3.05) is 45.7 Å². The Bertz CT molecular complexity index is 1060. The van der Waals surface area contributed by atoms with E-state index in [0.29, 0.717) is 12.0 Å². The van der Waals surface area contributed by atoms with Gasteiger partial charge in [-0.25, -0.2) is 0 Å². The third-order valence-electron chi connectivity index (χ3n) is 9.33. The lowest BCUT2D eigenvalue weighted by atomic mass is 9.52. The number of hydrogen-bond acceptors (Lipinski definition) is 4. The molecule has 2 bridgehead atoms. The van der Waals surface area contributed by atoms with Crippen molar-refractivity contribution in [3.8, 4) is 5.75 Å². The third kappa shape index (κ3) is 5.73. The molecule has 0 radical (unpaired) electrons. The van der Waals surface area contributed by atoms with Gasteiger partial charge >= 0.3 is 0 Å². The maximum atomic E-state index is 11.9. The van der Waals surface area contributed by atoms with Crippen LogP contribution in [0.15, 0.2) is 36.4 Å². The summed E-state index contributed by atoms with van der Waals surface area (Å²) < 4.78 is 5.51. The standard InChI is InChI=1S/C18H25NO.C14H22N2O/c1-19-10-9-18-8-4-3-5-15(18)17(19)11-13-6-7-14(20-2)12-16(13)18;1-5-16(6-2)10-13(17)15-14-11(3)8-7-9-12(14)4/h6-7,12,15,17H,3-5,8-11H2,1-2H3;7-9H,5-6,10H2,1-4H3,(H,15,17)/t15-,17+,18+;/m1./s1. The van der Waals surface area contributed by atoms with Crippen LogP contribution in [0.1, 0.15) is 68.2 Å². The summed E-state index contributed by atoms with van der Waals surface area (Å²) in [7, 11) is 4.12. The molecule has 0 spiro atoms. The van der Waals surface area contributed by atoms with Gasteiger partial charge in [0.15, 0.2) is 0 Å². The summed E-state index contributed by atoms with van der Waals surface area (Å²) >= 11 is 0. The SMILES string of the molecule is CCN(CC)CC(=O)Nc1c(C)cccc1C.COc1ccc2c(c1)[C@]13CCCC[C@@H]1[C@H](C2)N(C)CC3. The molecular formula is C32H47N3O2. The number of hydrogen-bond donors (Lipinski definition) is 1. The van der Waals surface area contributed by atoms with Crippen LogP contribution in [-0.2, 0) is 16.6 Å². The van der Waals surface area contributed by atoms with Crippen molar-refractivity contribution in [3.05, 3.63) is 58.7 Å². The fourth-order valence-electron chi connectivity index (χ4n) is 7.14. The lowest BCUT2D eigenvalue weighted by Crippen LogP contribution is -2.59. The Morgan fingerprint density at radius 3 is 2.51 bits per heavy atom. The number of carbonyl (C=O) groups excluding carboxylic acids is 1. The number of amides is 1. The molecule has 37 heavy (non-hydrogen) atoms. The molecule has 5 rings (SSSR count). The van der Waals surface area contributed by atoms with Crippen LogP contribution < -0.4 is 10.1 Å². The first kappa shape index (κ1) is 27.7. The maximum Gasteiger partial charge on any atom is 0.238 e. The first-order valence-corrected chi connectivity index (χ1v) is 14.3. The predicted molar refractivity (Wildman–Crippen MR) is 154 cm³/mol. The van der Waals surface area contributed by atoms with E-state index in [0.717, 1.165) is 47.6 Å². The molecule has 2 aromatic rings. The quantitative estimate of drug-likeness (QED) is 0.526. The highest BCUT2D eigenvalue weighted by Crippen LogP contribution is 2.55. The lowest BCUT2D eigenvalue weighted by molar-refractivity contribution is -0.117. The zero-order chi connectivity index (χ0) is 26.6. The molecule has 5 nitrogen and oxygen atoms in total. The molecule has 1 aliphatic heterocycles. The highest BCUT2D eigenvalue weighted by Gasteiger charge is 2.53. The van der Waals surface area contributed by atoms with Gasteiger partial charge in [0.05, 0.1) is 13.7 Å². The molecule has 1 saturated heterocycles. The normalized spacial score (nSPS) is 24.4. The third-order valence-corrected chi connectivity index (χ3v) is 9.33. The highest BCUT2D eigenvalue weighted by molar-refractivity contribution is 5.93. The number of aryl methyl sites for hydroxylation is 2. The van der Waals surface area contributed by atoms with Crippen LogP contribution in [0.2, 0.25) is 0 Å². The fourth-order valence-corrected chi connectivity index (χ4v) is 7.14. The van der Waals surface area contributed by atoms with Crippen LogP contribution >= 0.6 is 0 Å². The lowest BCUT2D eigenvalue weighted by Gasteiger charge is -2.58. The number of rotatable bonds is 6. The summed E-state index contributed by atoms with van der Waals surface area (Å²) in [4.78, 5) is 16.6. The Balaban J connectivity index is 0.000000176. The van der Waals surface area contributed by atoms with Gasteiger partial charge in [0.2, 0.25) is 5.91 Å². The van der Waals surface area contributed by atoms with Crippen molar-refractivity contribution in [2.24, 2.45) is 5.92 Å². The molecule has 2 fully saturated rings. The minimum Gasteiger partial charge on any atom is -0.497 e. The fraction of sp³-hybridized carbons (Fsp3) is 0.594. The highest BCUT2D eigenvalue weighted by atomic mass is 16.5. The van der Waals surface area contributed by atoms with E-state index in [4.69, 9.17) is 4.74 Å².